The van der Waals surface area contributed by atoms with Crippen LogP contribution in [-0.4, -0.2) is 32.8 Å². The first-order valence-electron chi connectivity index (χ1n) is 10.4. The highest BCUT2D eigenvalue weighted by molar-refractivity contribution is 5.67. The van der Waals surface area contributed by atoms with Crippen molar-refractivity contribution in [3.63, 3.8) is 0 Å². The predicted octanol–water partition coefficient (Wildman–Crippen LogP) is 5.26. The largest absolute Gasteiger partial charge is 0.573 e. The monoisotopic (exact) mass is 452 g/mol. The standard InChI is InChI=1S/C24H19F3N4O2/c25-24(26,27)33-21-5-2-1-4-18(21)20-8-7-16(12-28-20)14-31-10-9-19-17(15-31)13-29-23(30-19)22-6-3-11-32-22/h1-8,11-13H,9-10,14-15H2. The predicted molar refractivity (Wildman–Crippen MR) is 114 cm³/mol. The van der Waals surface area contributed by atoms with Crippen molar-refractivity contribution in [1.82, 2.24) is 19.9 Å². The third-order valence-corrected chi connectivity index (χ3v) is 5.37. The molecule has 9 heteroatoms. The summed E-state index contributed by atoms with van der Waals surface area (Å²) >= 11 is 0. The summed E-state index contributed by atoms with van der Waals surface area (Å²) in [6.07, 6.45) is 1.15. The molecule has 0 bridgehead atoms. The molecule has 0 radical (unpaired) electrons. The van der Waals surface area contributed by atoms with Crippen LogP contribution >= 0.6 is 0 Å². The van der Waals surface area contributed by atoms with Crippen molar-refractivity contribution in [1.29, 1.82) is 0 Å². The van der Waals surface area contributed by atoms with Crippen LogP contribution in [-0.2, 0) is 19.5 Å². The fourth-order valence-corrected chi connectivity index (χ4v) is 3.86. The molecular formula is C24H19F3N4O2. The number of ether oxygens (including phenoxy) is 1. The minimum atomic E-state index is -4.76. The number of rotatable bonds is 5. The third-order valence-electron chi connectivity index (χ3n) is 5.37. The lowest BCUT2D eigenvalue weighted by molar-refractivity contribution is -0.274. The van der Waals surface area contributed by atoms with Gasteiger partial charge in [0.25, 0.3) is 0 Å². The highest BCUT2D eigenvalue weighted by atomic mass is 19.4. The molecule has 1 aliphatic heterocycles. The molecule has 0 saturated heterocycles. The fraction of sp³-hybridized carbons (Fsp3) is 0.208. The molecule has 0 amide bonds. The van der Waals surface area contributed by atoms with Gasteiger partial charge in [-0.05, 0) is 35.9 Å². The maximum atomic E-state index is 12.7. The van der Waals surface area contributed by atoms with Crippen LogP contribution < -0.4 is 4.74 Å². The number of hydrogen-bond donors (Lipinski definition) is 0. The molecule has 0 fully saturated rings. The number of hydrogen-bond acceptors (Lipinski definition) is 6. The first-order chi connectivity index (χ1) is 15.9. The molecule has 0 unspecified atom stereocenters. The van der Waals surface area contributed by atoms with Crippen molar-refractivity contribution in [3.05, 3.63) is 84.0 Å². The van der Waals surface area contributed by atoms with Gasteiger partial charge in [-0.2, -0.15) is 0 Å². The van der Waals surface area contributed by atoms with Gasteiger partial charge in [-0.25, -0.2) is 9.97 Å². The third kappa shape index (κ3) is 4.88. The second kappa shape index (κ2) is 8.67. The molecule has 4 aromatic rings. The zero-order valence-corrected chi connectivity index (χ0v) is 17.4. The van der Waals surface area contributed by atoms with Crippen LogP contribution in [0.25, 0.3) is 22.8 Å². The number of aromatic nitrogens is 3. The van der Waals surface area contributed by atoms with Gasteiger partial charge in [0, 0.05) is 49.6 Å². The second-order valence-corrected chi connectivity index (χ2v) is 7.70. The molecule has 1 aliphatic rings. The summed E-state index contributed by atoms with van der Waals surface area (Å²) < 4.78 is 47.6. The Morgan fingerprint density at radius 2 is 1.88 bits per heavy atom. The molecule has 0 atom stereocenters. The fourth-order valence-electron chi connectivity index (χ4n) is 3.86. The summed E-state index contributed by atoms with van der Waals surface area (Å²) in [5.74, 6) is 0.960. The van der Waals surface area contributed by atoms with E-state index in [9.17, 15) is 13.2 Å². The minimum Gasteiger partial charge on any atom is -0.461 e. The summed E-state index contributed by atoms with van der Waals surface area (Å²) in [5.41, 5.74) is 3.76. The van der Waals surface area contributed by atoms with E-state index < -0.39 is 6.36 Å². The number of para-hydroxylation sites is 1. The number of nitrogens with zero attached hydrogens (tertiary/aromatic N) is 4. The van der Waals surface area contributed by atoms with Gasteiger partial charge >= 0.3 is 6.36 Å². The van der Waals surface area contributed by atoms with E-state index in [2.05, 4.69) is 24.6 Å². The number of pyridine rings is 1. The lowest BCUT2D eigenvalue weighted by Gasteiger charge is -2.28. The van der Waals surface area contributed by atoms with Gasteiger partial charge in [0.2, 0.25) is 0 Å². The topological polar surface area (TPSA) is 64.3 Å². The normalized spacial score (nSPS) is 14.2. The average Bonchev–Trinajstić information content (AvgIpc) is 3.34. The Morgan fingerprint density at radius 3 is 2.64 bits per heavy atom. The van der Waals surface area contributed by atoms with Crippen LogP contribution in [0.3, 0.4) is 0 Å². The van der Waals surface area contributed by atoms with E-state index in [1.807, 2.05) is 18.3 Å². The highest BCUT2D eigenvalue weighted by Crippen LogP contribution is 2.32. The van der Waals surface area contributed by atoms with Gasteiger partial charge in [-0.1, -0.05) is 18.2 Å². The first-order valence-corrected chi connectivity index (χ1v) is 10.4. The maximum Gasteiger partial charge on any atom is 0.573 e. The Balaban J connectivity index is 1.27. The van der Waals surface area contributed by atoms with Gasteiger partial charge in [0.15, 0.2) is 11.6 Å². The Labute approximate surface area is 187 Å². The van der Waals surface area contributed by atoms with Crippen LogP contribution in [0.2, 0.25) is 0 Å². The van der Waals surface area contributed by atoms with Crippen LogP contribution in [0.5, 0.6) is 5.75 Å². The molecule has 1 aromatic carbocycles. The molecule has 33 heavy (non-hydrogen) atoms. The van der Waals surface area contributed by atoms with Gasteiger partial charge in [0.1, 0.15) is 5.75 Å². The van der Waals surface area contributed by atoms with Crippen molar-refractivity contribution in [2.24, 2.45) is 0 Å². The molecule has 5 rings (SSSR count). The highest BCUT2D eigenvalue weighted by Gasteiger charge is 2.32. The Bertz CT molecular complexity index is 1240. The van der Waals surface area contributed by atoms with Crippen LogP contribution in [0, 0.1) is 0 Å². The quantitative estimate of drug-likeness (QED) is 0.412. The van der Waals surface area contributed by atoms with E-state index in [0.29, 0.717) is 30.4 Å². The lowest BCUT2D eigenvalue weighted by Crippen LogP contribution is -2.31. The minimum absolute atomic E-state index is 0.271. The van der Waals surface area contributed by atoms with E-state index in [0.717, 1.165) is 29.8 Å². The van der Waals surface area contributed by atoms with Gasteiger partial charge in [0.05, 0.1) is 17.7 Å². The molecule has 3 aromatic heterocycles. The van der Waals surface area contributed by atoms with E-state index >= 15 is 0 Å². The van der Waals surface area contributed by atoms with Crippen LogP contribution in [0.4, 0.5) is 13.2 Å². The maximum absolute atomic E-state index is 12.7. The van der Waals surface area contributed by atoms with Gasteiger partial charge in [-0.3, -0.25) is 9.88 Å². The van der Waals surface area contributed by atoms with Crippen molar-refractivity contribution in [2.75, 3.05) is 6.54 Å². The molecular weight excluding hydrogens is 433 g/mol. The smallest absolute Gasteiger partial charge is 0.461 e. The second-order valence-electron chi connectivity index (χ2n) is 7.70. The number of alkyl halides is 3. The Kier molecular flexibility index (Phi) is 5.55. The van der Waals surface area contributed by atoms with Crippen molar-refractivity contribution < 1.29 is 22.3 Å². The molecule has 4 heterocycles. The zero-order chi connectivity index (χ0) is 22.8. The molecule has 0 N–H and O–H groups in total. The summed E-state index contributed by atoms with van der Waals surface area (Å²) in [5, 5.41) is 0. The number of benzene rings is 1. The van der Waals surface area contributed by atoms with Crippen molar-refractivity contribution in [2.45, 2.75) is 25.9 Å². The number of halogens is 3. The molecule has 0 saturated carbocycles. The SMILES string of the molecule is FC(F)(F)Oc1ccccc1-c1ccc(CN2CCc3nc(-c4ccco4)ncc3C2)cn1. The van der Waals surface area contributed by atoms with Crippen molar-refractivity contribution >= 4 is 0 Å². The van der Waals surface area contributed by atoms with E-state index in [1.165, 1.54) is 12.1 Å². The van der Waals surface area contributed by atoms with E-state index in [1.54, 1.807) is 36.7 Å². The van der Waals surface area contributed by atoms with Gasteiger partial charge in [-0.15, -0.1) is 13.2 Å². The average molecular weight is 452 g/mol. The lowest BCUT2D eigenvalue weighted by atomic mass is 10.1. The van der Waals surface area contributed by atoms with Crippen LogP contribution in [0.15, 0.2) is 71.6 Å². The summed E-state index contributed by atoms with van der Waals surface area (Å²) in [4.78, 5) is 15.7. The molecule has 6 nitrogen and oxygen atoms in total. The zero-order valence-electron chi connectivity index (χ0n) is 17.4. The summed E-state index contributed by atoms with van der Waals surface area (Å²) in [6.45, 7) is 2.19. The molecule has 168 valence electrons. The molecule has 0 spiro atoms. The van der Waals surface area contributed by atoms with E-state index in [4.69, 9.17) is 4.42 Å². The number of furan rings is 1. The van der Waals surface area contributed by atoms with Gasteiger partial charge < -0.3 is 9.15 Å². The summed E-state index contributed by atoms with van der Waals surface area (Å²) in [6, 6.07) is 13.2. The van der Waals surface area contributed by atoms with E-state index in [-0.39, 0.29) is 11.3 Å². The number of fused-ring (bicyclic) bond motifs is 1. The Hall–Kier alpha value is -3.72. The summed E-state index contributed by atoms with van der Waals surface area (Å²) in [7, 11) is 0. The first kappa shape index (κ1) is 21.1. The molecule has 0 aliphatic carbocycles. The van der Waals surface area contributed by atoms with Crippen molar-refractivity contribution in [3.8, 4) is 28.6 Å². The Morgan fingerprint density at radius 1 is 1.00 bits per heavy atom. The van der Waals surface area contributed by atoms with Crippen LogP contribution in [0.1, 0.15) is 16.8 Å².